The zero-order valence-corrected chi connectivity index (χ0v) is 14.4. The van der Waals surface area contributed by atoms with Gasteiger partial charge < -0.3 is 10.1 Å². The first kappa shape index (κ1) is 18.1. The molecule has 0 fully saturated rings. The molecule has 0 saturated heterocycles. The molecular formula is C17H23FN4O2. The van der Waals surface area contributed by atoms with Crippen LogP contribution in [0.1, 0.15) is 38.5 Å². The van der Waals surface area contributed by atoms with Crippen molar-refractivity contribution in [3.63, 3.8) is 0 Å². The van der Waals surface area contributed by atoms with Crippen molar-refractivity contribution in [1.82, 2.24) is 20.1 Å². The lowest BCUT2D eigenvalue weighted by molar-refractivity contribution is -0.120. The molecule has 1 N–H and O–H groups in total. The van der Waals surface area contributed by atoms with Gasteiger partial charge >= 0.3 is 0 Å². The van der Waals surface area contributed by atoms with E-state index in [0.29, 0.717) is 30.4 Å². The fourth-order valence-corrected chi connectivity index (χ4v) is 2.42. The number of nitrogens with zero attached hydrogens (tertiary/aromatic N) is 3. The monoisotopic (exact) mass is 334 g/mol. The quantitative estimate of drug-likeness (QED) is 0.844. The number of amides is 1. The maximum Gasteiger partial charge on any atom is 0.217 e. The van der Waals surface area contributed by atoms with Gasteiger partial charge in [0.05, 0.1) is 18.3 Å². The van der Waals surface area contributed by atoms with E-state index in [-0.39, 0.29) is 23.7 Å². The van der Waals surface area contributed by atoms with Crippen LogP contribution in [-0.4, -0.2) is 34.4 Å². The van der Waals surface area contributed by atoms with Crippen LogP contribution in [0, 0.1) is 11.7 Å². The number of halogens is 1. The van der Waals surface area contributed by atoms with Gasteiger partial charge in [-0.3, -0.25) is 4.79 Å². The first-order chi connectivity index (χ1) is 11.4. The number of ether oxygens (including phenoxy) is 1. The molecular weight excluding hydrogens is 311 g/mol. The first-order valence-electron chi connectivity index (χ1n) is 7.90. The highest BCUT2D eigenvalue weighted by atomic mass is 19.1. The number of aromatic nitrogens is 3. The van der Waals surface area contributed by atoms with Crippen LogP contribution in [0.3, 0.4) is 0 Å². The van der Waals surface area contributed by atoms with E-state index >= 15 is 0 Å². The van der Waals surface area contributed by atoms with Crippen LogP contribution in [0.15, 0.2) is 24.3 Å². The Bertz CT molecular complexity index is 700. The Morgan fingerprint density at radius 2 is 2.17 bits per heavy atom. The molecule has 1 amide bonds. The van der Waals surface area contributed by atoms with Crippen LogP contribution in [0.2, 0.25) is 0 Å². The maximum absolute atomic E-state index is 13.6. The van der Waals surface area contributed by atoms with E-state index in [1.54, 1.807) is 23.9 Å². The maximum atomic E-state index is 13.6. The number of rotatable bonds is 7. The van der Waals surface area contributed by atoms with Crippen molar-refractivity contribution >= 4 is 5.91 Å². The third-order valence-corrected chi connectivity index (χ3v) is 3.56. The van der Waals surface area contributed by atoms with Crippen molar-refractivity contribution in [2.45, 2.75) is 33.2 Å². The minimum atomic E-state index is -0.354. The van der Waals surface area contributed by atoms with Crippen LogP contribution in [0.4, 0.5) is 4.39 Å². The van der Waals surface area contributed by atoms with Crippen molar-refractivity contribution in [1.29, 1.82) is 0 Å². The van der Waals surface area contributed by atoms with E-state index in [4.69, 9.17) is 4.74 Å². The molecule has 1 atom stereocenters. The van der Waals surface area contributed by atoms with E-state index in [9.17, 15) is 9.18 Å². The summed E-state index contributed by atoms with van der Waals surface area (Å²) in [6, 6.07) is 5.82. The average Bonchev–Trinajstić information content (AvgIpc) is 2.94. The summed E-state index contributed by atoms with van der Waals surface area (Å²) in [5.41, 5.74) is 0.567. The fraction of sp³-hybridized carbons (Fsp3) is 0.471. The molecule has 0 bridgehead atoms. The second-order valence-corrected chi connectivity index (χ2v) is 5.94. The number of hydrogen-bond donors (Lipinski definition) is 1. The summed E-state index contributed by atoms with van der Waals surface area (Å²) in [7, 11) is 1.61. The van der Waals surface area contributed by atoms with Gasteiger partial charge in [0.2, 0.25) is 5.91 Å². The number of carbonyl (C=O) groups excluding carboxylic acids is 1. The van der Waals surface area contributed by atoms with Gasteiger partial charge in [-0.15, -0.1) is 0 Å². The van der Waals surface area contributed by atoms with Crippen LogP contribution < -0.4 is 5.32 Å². The molecule has 0 unspecified atom stereocenters. The van der Waals surface area contributed by atoms with E-state index < -0.39 is 0 Å². The van der Waals surface area contributed by atoms with Gasteiger partial charge in [0, 0.05) is 20.5 Å². The van der Waals surface area contributed by atoms with Gasteiger partial charge in [0.1, 0.15) is 5.82 Å². The summed E-state index contributed by atoms with van der Waals surface area (Å²) < 4.78 is 20.3. The van der Waals surface area contributed by atoms with Crippen molar-refractivity contribution < 1.29 is 13.9 Å². The highest BCUT2D eigenvalue weighted by molar-refractivity contribution is 5.73. The van der Waals surface area contributed by atoms with Gasteiger partial charge in [-0.1, -0.05) is 19.9 Å². The molecule has 2 rings (SSSR count). The summed E-state index contributed by atoms with van der Waals surface area (Å²) in [4.78, 5) is 16.1. The summed E-state index contributed by atoms with van der Waals surface area (Å²) in [6.07, 6.45) is 0.538. The molecule has 1 heterocycles. The van der Waals surface area contributed by atoms with E-state index in [0.717, 1.165) is 0 Å². The van der Waals surface area contributed by atoms with Crippen LogP contribution in [0.5, 0.6) is 0 Å². The van der Waals surface area contributed by atoms with Crippen molar-refractivity contribution in [2.75, 3.05) is 13.7 Å². The molecule has 1 aromatic carbocycles. The highest BCUT2D eigenvalue weighted by Crippen LogP contribution is 2.23. The van der Waals surface area contributed by atoms with Gasteiger partial charge in [0.15, 0.2) is 11.6 Å². The lowest BCUT2D eigenvalue weighted by Gasteiger charge is -2.21. The predicted octanol–water partition coefficient (Wildman–Crippen LogP) is 2.43. The normalized spacial score (nSPS) is 12.4. The zero-order valence-electron chi connectivity index (χ0n) is 14.4. The van der Waals surface area contributed by atoms with Crippen molar-refractivity contribution in [2.24, 2.45) is 5.92 Å². The molecule has 6 nitrogen and oxygen atoms in total. The lowest BCUT2D eigenvalue weighted by Crippen LogP contribution is -2.32. The Hall–Kier alpha value is -2.28. The van der Waals surface area contributed by atoms with Gasteiger partial charge in [-0.25, -0.2) is 14.1 Å². The molecule has 0 aliphatic rings. The SMILES string of the molecule is COCCc1nc([C@H](NC(C)=O)C(C)C)n(-c2cccc(F)c2)n1. The molecule has 0 aliphatic carbocycles. The van der Waals surface area contributed by atoms with Gasteiger partial charge in [-0.05, 0) is 24.1 Å². The predicted molar refractivity (Wildman–Crippen MR) is 88.3 cm³/mol. The molecule has 0 spiro atoms. The van der Waals surface area contributed by atoms with E-state index in [2.05, 4.69) is 15.4 Å². The van der Waals surface area contributed by atoms with Crippen molar-refractivity contribution in [3.05, 3.63) is 41.7 Å². The summed E-state index contributed by atoms with van der Waals surface area (Å²) in [5.74, 6) is 0.763. The molecule has 130 valence electrons. The van der Waals surface area contributed by atoms with Gasteiger partial charge in [-0.2, -0.15) is 5.10 Å². The second-order valence-electron chi connectivity index (χ2n) is 5.94. The van der Waals surface area contributed by atoms with E-state index in [1.165, 1.54) is 19.1 Å². The average molecular weight is 334 g/mol. The van der Waals surface area contributed by atoms with Gasteiger partial charge in [0.25, 0.3) is 0 Å². The smallest absolute Gasteiger partial charge is 0.217 e. The van der Waals surface area contributed by atoms with Crippen LogP contribution in [0.25, 0.3) is 5.69 Å². The molecule has 24 heavy (non-hydrogen) atoms. The summed E-state index contributed by atoms with van der Waals surface area (Å²) >= 11 is 0. The minimum absolute atomic E-state index is 0.0979. The zero-order chi connectivity index (χ0) is 17.7. The topological polar surface area (TPSA) is 69.0 Å². The molecule has 0 saturated carbocycles. The molecule has 0 aliphatic heterocycles. The molecule has 1 aromatic heterocycles. The highest BCUT2D eigenvalue weighted by Gasteiger charge is 2.25. The second kappa shape index (κ2) is 8.01. The summed E-state index contributed by atoms with van der Waals surface area (Å²) in [6.45, 7) is 5.92. The van der Waals surface area contributed by atoms with Crippen LogP contribution >= 0.6 is 0 Å². The Morgan fingerprint density at radius 1 is 1.42 bits per heavy atom. The Labute approximate surface area is 141 Å². The third kappa shape index (κ3) is 4.38. The van der Waals surface area contributed by atoms with Crippen LogP contribution in [-0.2, 0) is 16.0 Å². The number of methoxy groups -OCH3 is 1. The largest absolute Gasteiger partial charge is 0.384 e. The number of hydrogen-bond acceptors (Lipinski definition) is 4. The first-order valence-corrected chi connectivity index (χ1v) is 7.90. The molecule has 0 radical (unpaired) electrons. The number of carbonyl (C=O) groups is 1. The molecule has 2 aromatic rings. The lowest BCUT2D eigenvalue weighted by atomic mass is 10.0. The third-order valence-electron chi connectivity index (χ3n) is 3.56. The van der Waals surface area contributed by atoms with Crippen molar-refractivity contribution in [3.8, 4) is 5.69 Å². The standard InChI is InChI=1S/C17H23FN4O2/c1-11(2)16(19-12(3)23)17-20-15(8-9-24-4)21-22(17)14-7-5-6-13(18)10-14/h5-7,10-11,16H,8-9H2,1-4H3,(H,19,23)/t16-/m1/s1. The minimum Gasteiger partial charge on any atom is -0.384 e. The Morgan fingerprint density at radius 3 is 2.75 bits per heavy atom. The molecule has 7 heteroatoms. The number of nitrogens with one attached hydrogen (secondary N) is 1. The summed E-state index contributed by atoms with van der Waals surface area (Å²) in [5, 5.41) is 7.38. The number of benzene rings is 1. The Balaban J connectivity index is 2.50. The Kier molecular flexibility index (Phi) is 6.03. The van der Waals surface area contributed by atoms with E-state index in [1.807, 2.05) is 13.8 Å². The fourth-order valence-electron chi connectivity index (χ4n) is 2.42.